The quantitative estimate of drug-likeness (QED) is 0.521. The van der Waals surface area contributed by atoms with E-state index in [0.29, 0.717) is 0 Å². The third-order valence-electron chi connectivity index (χ3n) is 0.942. The van der Waals surface area contributed by atoms with E-state index in [-0.39, 0.29) is 0 Å². The summed E-state index contributed by atoms with van der Waals surface area (Å²) in [5.74, 6) is 0. The van der Waals surface area contributed by atoms with E-state index in [1.165, 1.54) is 3.57 Å². The van der Waals surface area contributed by atoms with Gasteiger partial charge in [0, 0.05) is 9.26 Å². The van der Waals surface area contributed by atoms with Crippen LogP contribution in [-0.4, -0.2) is 4.98 Å². The molecule has 0 unspecified atom stereocenters. The van der Waals surface area contributed by atoms with Crippen molar-refractivity contribution in [3.05, 3.63) is 25.1 Å². The Morgan fingerprint density at radius 2 is 2.00 bits per heavy atom. The Hall–Kier alpha value is 0.610. The monoisotopic (exact) mass is 345 g/mol. The Kier molecular flexibility index (Phi) is 2.69. The molecule has 0 bridgehead atoms. The zero-order valence-electron chi connectivity index (χ0n) is 4.86. The summed E-state index contributed by atoms with van der Waals surface area (Å²) in [6.07, 6.45) is 0. The first kappa shape index (κ1) is 7.71. The second kappa shape index (κ2) is 3.14. The van der Waals surface area contributed by atoms with Crippen LogP contribution in [0.1, 0.15) is 5.69 Å². The van der Waals surface area contributed by atoms with Crippen molar-refractivity contribution in [1.82, 2.24) is 4.98 Å². The molecule has 0 spiro atoms. The Morgan fingerprint density at radius 3 is 2.44 bits per heavy atom. The predicted octanol–water partition coefficient (Wildman–Crippen LogP) is 2.60. The molecule has 0 aliphatic rings. The number of nitrogens with zero attached hydrogens (tertiary/aromatic N) is 1. The van der Waals surface area contributed by atoms with Gasteiger partial charge in [-0.3, -0.25) is 0 Å². The highest BCUT2D eigenvalue weighted by Crippen LogP contribution is 2.11. The van der Waals surface area contributed by atoms with Crippen molar-refractivity contribution < 1.29 is 0 Å². The summed E-state index contributed by atoms with van der Waals surface area (Å²) in [4.78, 5) is 4.25. The number of aromatic nitrogens is 1. The number of pyridine rings is 1. The minimum Gasteiger partial charge on any atom is -0.246 e. The molecule has 1 rings (SSSR count). The van der Waals surface area contributed by atoms with E-state index in [9.17, 15) is 0 Å². The second-order valence-corrected chi connectivity index (χ2v) is 3.91. The van der Waals surface area contributed by atoms with Gasteiger partial charge < -0.3 is 0 Å². The van der Waals surface area contributed by atoms with Crippen LogP contribution in [0, 0.1) is 14.2 Å². The maximum absolute atomic E-state index is 4.25. The largest absolute Gasteiger partial charge is 0.246 e. The van der Waals surface area contributed by atoms with Crippen LogP contribution in [0.15, 0.2) is 12.1 Å². The smallest absolute Gasteiger partial charge is 0.114 e. The van der Waals surface area contributed by atoms with Crippen molar-refractivity contribution >= 4 is 45.2 Å². The van der Waals surface area contributed by atoms with Crippen molar-refractivity contribution in [1.29, 1.82) is 0 Å². The van der Waals surface area contributed by atoms with Gasteiger partial charge in [0.15, 0.2) is 0 Å². The molecular formula is C6H5I2N. The zero-order chi connectivity index (χ0) is 6.85. The SMILES string of the molecule is Cc1ccc(I)c(I)n1. The van der Waals surface area contributed by atoms with Gasteiger partial charge in [-0.1, -0.05) is 0 Å². The van der Waals surface area contributed by atoms with Crippen LogP contribution >= 0.6 is 45.2 Å². The topological polar surface area (TPSA) is 12.9 Å². The first-order chi connectivity index (χ1) is 4.20. The molecule has 48 valence electrons. The third kappa shape index (κ3) is 2.03. The van der Waals surface area contributed by atoms with Gasteiger partial charge in [-0.05, 0) is 64.2 Å². The van der Waals surface area contributed by atoms with Crippen LogP contribution in [0.4, 0.5) is 0 Å². The van der Waals surface area contributed by atoms with E-state index < -0.39 is 0 Å². The van der Waals surface area contributed by atoms with Gasteiger partial charge in [-0.2, -0.15) is 0 Å². The van der Waals surface area contributed by atoms with Gasteiger partial charge in [0.1, 0.15) is 3.70 Å². The lowest BCUT2D eigenvalue weighted by molar-refractivity contribution is 1.15. The maximum atomic E-state index is 4.25. The molecule has 0 aromatic carbocycles. The molecule has 0 aliphatic heterocycles. The molecule has 9 heavy (non-hydrogen) atoms. The highest BCUT2D eigenvalue weighted by atomic mass is 127. The molecule has 0 radical (unpaired) electrons. The molecule has 3 heteroatoms. The molecule has 0 saturated carbocycles. The minimum atomic E-state index is 1.08. The van der Waals surface area contributed by atoms with E-state index >= 15 is 0 Å². The van der Waals surface area contributed by atoms with Gasteiger partial charge in [-0.25, -0.2) is 4.98 Å². The van der Waals surface area contributed by atoms with Crippen molar-refractivity contribution in [3.63, 3.8) is 0 Å². The van der Waals surface area contributed by atoms with Crippen LogP contribution in [0.25, 0.3) is 0 Å². The molecule has 0 aliphatic carbocycles. The van der Waals surface area contributed by atoms with E-state index in [1.807, 2.05) is 13.0 Å². The lowest BCUT2D eigenvalue weighted by atomic mass is 10.4. The van der Waals surface area contributed by atoms with Crippen molar-refractivity contribution in [2.75, 3.05) is 0 Å². The van der Waals surface area contributed by atoms with E-state index in [1.54, 1.807) is 0 Å². The molecule has 0 atom stereocenters. The fraction of sp³-hybridized carbons (Fsp3) is 0.167. The van der Waals surface area contributed by atoms with Gasteiger partial charge in [-0.15, -0.1) is 0 Å². The summed E-state index contributed by atoms with van der Waals surface area (Å²) in [6, 6.07) is 4.09. The van der Waals surface area contributed by atoms with E-state index in [2.05, 4.69) is 56.2 Å². The van der Waals surface area contributed by atoms with Crippen LogP contribution < -0.4 is 0 Å². The first-order valence-corrected chi connectivity index (χ1v) is 4.64. The Bertz CT molecular complexity index is 222. The minimum absolute atomic E-state index is 1.08. The highest BCUT2D eigenvalue weighted by Gasteiger charge is 1.94. The molecule has 1 nitrogen and oxygen atoms in total. The van der Waals surface area contributed by atoms with E-state index in [4.69, 9.17) is 0 Å². The molecule has 1 aromatic heterocycles. The summed E-state index contributed by atoms with van der Waals surface area (Å²) < 4.78 is 2.31. The summed E-state index contributed by atoms with van der Waals surface area (Å²) in [7, 11) is 0. The van der Waals surface area contributed by atoms with Crippen LogP contribution in [-0.2, 0) is 0 Å². The Balaban J connectivity index is 3.17. The molecule has 0 N–H and O–H groups in total. The average molecular weight is 345 g/mol. The average Bonchev–Trinajstić information content (AvgIpc) is 1.80. The normalized spacial score (nSPS) is 9.67. The van der Waals surface area contributed by atoms with Gasteiger partial charge >= 0.3 is 0 Å². The fourth-order valence-electron chi connectivity index (χ4n) is 0.508. The fourth-order valence-corrected chi connectivity index (χ4v) is 1.37. The van der Waals surface area contributed by atoms with Crippen molar-refractivity contribution in [3.8, 4) is 0 Å². The predicted molar refractivity (Wildman–Crippen MR) is 54.4 cm³/mol. The molecule has 1 heterocycles. The molecule has 0 saturated heterocycles. The summed E-state index contributed by atoms with van der Waals surface area (Å²) >= 11 is 4.50. The third-order valence-corrected chi connectivity index (χ3v) is 3.67. The molecule has 0 amide bonds. The van der Waals surface area contributed by atoms with Crippen LogP contribution in [0.2, 0.25) is 0 Å². The molecule has 0 fully saturated rings. The summed E-state index contributed by atoms with van der Waals surface area (Å²) in [5, 5.41) is 0. The molecular weight excluding hydrogens is 340 g/mol. The van der Waals surface area contributed by atoms with Crippen molar-refractivity contribution in [2.45, 2.75) is 6.92 Å². The summed E-state index contributed by atoms with van der Waals surface area (Å²) in [6.45, 7) is 2.00. The summed E-state index contributed by atoms with van der Waals surface area (Å²) in [5.41, 5.74) is 1.08. The lowest BCUT2D eigenvalue weighted by Crippen LogP contribution is -1.87. The van der Waals surface area contributed by atoms with E-state index in [0.717, 1.165) is 9.39 Å². The highest BCUT2D eigenvalue weighted by molar-refractivity contribution is 14.1. The Morgan fingerprint density at radius 1 is 1.33 bits per heavy atom. The second-order valence-electron chi connectivity index (χ2n) is 1.73. The van der Waals surface area contributed by atoms with Gasteiger partial charge in [0.2, 0.25) is 0 Å². The van der Waals surface area contributed by atoms with Crippen molar-refractivity contribution in [2.24, 2.45) is 0 Å². The zero-order valence-corrected chi connectivity index (χ0v) is 9.17. The molecule has 1 aromatic rings. The number of aryl methyl sites for hydroxylation is 1. The van der Waals surface area contributed by atoms with Crippen LogP contribution in [0.3, 0.4) is 0 Å². The number of rotatable bonds is 0. The Labute approximate surface area is 81.5 Å². The maximum Gasteiger partial charge on any atom is 0.114 e. The lowest BCUT2D eigenvalue weighted by Gasteiger charge is -1.94. The number of hydrogen-bond acceptors (Lipinski definition) is 1. The standard InChI is InChI=1S/C6H5I2N/c1-4-2-3-5(7)6(8)9-4/h2-3H,1H3. The number of halogens is 2. The first-order valence-electron chi connectivity index (χ1n) is 2.49. The van der Waals surface area contributed by atoms with Gasteiger partial charge in [0.05, 0.1) is 0 Å². The van der Waals surface area contributed by atoms with Crippen LogP contribution in [0.5, 0.6) is 0 Å². The van der Waals surface area contributed by atoms with Gasteiger partial charge in [0.25, 0.3) is 0 Å². The number of hydrogen-bond donors (Lipinski definition) is 0.